The molecule has 2 aliphatic rings. The zero-order valence-corrected chi connectivity index (χ0v) is 22.5. The lowest BCUT2D eigenvalue weighted by Crippen LogP contribution is -2.52. The molecule has 1 aliphatic carbocycles. The summed E-state index contributed by atoms with van der Waals surface area (Å²) in [5.74, 6) is 2.30. The molecule has 0 radical (unpaired) electrons. The fourth-order valence-electron chi connectivity index (χ4n) is 6.17. The summed E-state index contributed by atoms with van der Waals surface area (Å²) in [5, 5.41) is 30.5. The van der Waals surface area contributed by atoms with Crippen LogP contribution in [0.1, 0.15) is 119 Å². The molecular weight excluding hydrogens is 412 g/mol. The molecule has 1 saturated heterocycles. The molecule has 33 heavy (non-hydrogen) atoms. The Bertz CT molecular complexity index is 600. The van der Waals surface area contributed by atoms with E-state index in [-0.39, 0.29) is 23.4 Å². The average molecular weight is 467 g/mol. The van der Waals surface area contributed by atoms with Gasteiger partial charge in [0.2, 0.25) is 0 Å². The van der Waals surface area contributed by atoms with E-state index in [1.54, 1.807) is 0 Å². The van der Waals surface area contributed by atoms with Gasteiger partial charge >= 0.3 is 0 Å². The Kier molecular flexibility index (Phi) is 10.8. The fraction of sp³-hybridized carbons (Fsp3) is 0.931. The Labute approximate surface area is 204 Å². The van der Waals surface area contributed by atoms with Crippen molar-refractivity contribution in [3.63, 3.8) is 0 Å². The molecule has 0 amide bonds. The molecule has 4 nitrogen and oxygen atoms in total. The third-order valence-corrected chi connectivity index (χ3v) is 9.16. The second-order valence-electron chi connectivity index (χ2n) is 12.5. The maximum absolute atomic E-state index is 10.7. The average Bonchev–Trinajstić information content (AvgIpc) is 2.72. The Morgan fingerprint density at radius 3 is 2.33 bits per heavy atom. The Morgan fingerprint density at radius 2 is 1.70 bits per heavy atom. The van der Waals surface area contributed by atoms with Gasteiger partial charge in [0.25, 0.3) is 0 Å². The van der Waals surface area contributed by atoms with E-state index in [4.69, 9.17) is 4.74 Å². The quantitative estimate of drug-likeness (QED) is 0.251. The smallest absolute Gasteiger partial charge is 0.0879 e. The maximum Gasteiger partial charge on any atom is 0.0879 e. The summed E-state index contributed by atoms with van der Waals surface area (Å²) in [7, 11) is 0. The first-order valence-electron chi connectivity index (χ1n) is 13.8. The topological polar surface area (TPSA) is 69.9 Å². The van der Waals surface area contributed by atoms with Gasteiger partial charge in [-0.2, -0.15) is 0 Å². The van der Waals surface area contributed by atoms with Crippen LogP contribution in [-0.4, -0.2) is 38.7 Å². The summed E-state index contributed by atoms with van der Waals surface area (Å²) in [6.07, 6.45) is 12.5. The van der Waals surface area contributed by atoms with Crippen LogP contribution in [-0.2, 0) is 4.74 Å². The van der Waals surface area contributed by atoms with Gasteiger partial charge in [-0.1, -0.05) is 60.0 Å². The Morgan fingerprint density at radius 1 is 1.09 bits per heavy atom. The van der Waals surface area contributed by atoms with Crippen LogP contribution in [0.25, 0.3) is 0 Å². The third-order valence-electron chi connectivity index (χ3n) is 9.16. The van der Waals surface area contributed by atoms with Gasteiger partial charge in [-0.05, 0) is 88.9 Å². The molecule has 4 heteroatoms. The molecular formula is C29H54O4. The highest BCUT2D eigenvalue weighted by Crippen LogP contribution is 2.46. The summed E-state index contributed by atoms with van der Waals surface area (Å²) < 4.78 is 6.72. The van der Waals surface area contributed by atoms with E-state index in [1.165, 1.54) is 19.3 Å². The first kappa shape index (κ1) is 28.7. The van der Waals surface area contributed by atoms with Crippen molar-refractivity contribution in [2.24, 2.45) is 29.6 Å². The van der Waals surface area contributed by atoms with Gasteiger partial charge in [0, 0.05) is 5.92 Å². The lowest BCUT2D eigenvalue weighted by Gasteiger charge is -2.51. The predicted octanol–water partition coefficient (Wildman–Crippen LogP) is 7.18. The van der Waals surface area contributed by atoms with Crippen LogP contribution < -0.4 is 0 Å². The Hall–Kier alpha value is -0.580. The lowest BCUT2D eigenvalue weighted by molar-refractivity contribution is -0.200. The first-order chi connectivity index (χ1) is 15.3. The molecule has 9 unspecified atom stereocenters. The summed E-state index contributed by atoms with van der Waals surface area (Å²) >= 11 is 0. The van der Waals surface area contributed by atoms with E-state index in [1.807, 2.05) is 13.8 Å². The molecule has 0 spiro atoms. The van der Waals surface area contributed by atoms with Crippen molar-refractivity contribution in [3.05, 3.63) is 12.3 Å². The summed E-state index contributed by atoms with van der Waals surface area (Å²) in [6, 6.07) is 0. The van der Waals surface area contributed by atoms with E-state index < -0.39 is 5.60 Å². The molecule has 2 fully saturated rings. The zero-order valence-electron chi connectivity index (χ0n) is 22.5. The molecule has 1 heterocycles. The van der Waals surface area contributed by atoms with Crippen molar-refractivity contribution in [1.29, 1.82) is 0 Å². The number of hydrogen-bond acceptors (Lipinski definition) is 4. The van der Waals surface area contributed by atoms with E-state index in [9.17, 15) is 15.3 Å². The van der Waals surface area contributed by atoms with Gasteiger partial charge in [0.1, 0.15) is 0 Å². The zero-order chi connectivity index (χ0) is 24.8. The molecule has 0 aromatic rings. The van der Waals surface area contributed by atoms with Crippen LogP contribution in [0, 0.1) is 29.6 Å². The second kappa shape index (κ2) is 12.4. The number of aliphatic hydroxyl groups is 3. The standard InChI is InChI=1S/C29H54O4/c1-20(11-8-15-28(6,32)16-10-13-21(2)24(5)30)12-9-17-29(7)18-14-25-19-26(31)22(3)23(4)27(25)33-29/h20-23,25-27,30-32H,5,8-19H2,1-4,6-7H3. The number of ether oxygens (including phenoxy) is 1. The number of rotatable bonds is 13. The predicted molar refractivity (Wildman–Crippen MR) is 137 cm³/mol. The minimum absolute atomic E-state index is 0.0160. The fourth-order valence-corrected chi connectivity index (χ4v) is 6.17. The summed E-state index contributed by atoms with van der Waals surface area (Å²) in [5.41, 5.74) is -0.630. The number of hydrogen-bond donors (Lipinski definition) is 3. The molecule has 3 N–H and O–H groups in total. The van der Waals surface area contributed by atoms with Crippen LogP contribution in [0.5, 0.6) is 0 Å². The number of allylic oxidation sites excluding steroid dienone is 1. The van der Waals surface area contributed by atoms with Gasteiger partial charge in [-0.3, -0.25) is 0 Å². The third kappa shape index (κ3) is 8.85. The summed E-state index contributed by atoms with van der Waals surface area (Å²) in [6.45, 7) is 16.6. The molecule has 1 aliphatic heterocycles. The second-order valence-corrected chi connectivity index (χ2v) is 12.5. The van der Waals surface area contributed by atoms with E-state index >= 15 is 0 Å². The molecule has 0 aromatic carbocycles. The molecule has 2 rings (SSSR count). The van der Waals surface area contributed by atoms with Crippen LogP contribution in [0.15, 0.2) is 12.3 Å². The maximum atomic E-state index is 10.7. The van der Waals surface area contributed by atoms with Gasteiger partial charge in [-0.25, -0.2) is 0 Å². The highest BCUT2D eigenvalue weighted by Gasteiger charge is 2.46. The van der Waals surface area contributed by atoms with Crippen molar-refractivity contribution in [2.75, 3.05) is 0 Å². The molecule has 0 aromatic heterocycles. The van der Waals surface area contributed by atoms with Crippen LogP contribution in [0.4, 0.5) is 0 Å². The minimum atomic E-state index is -0.614. The van der Waals surface area contributed by atoms with Crippen molar-refractivity contribution in [1.82, 2.24) is 0 Å². The van der Waals surface area contributed by atoms with E-state index in [0.29, 0.717) is 29.8 Å². The monoisotopic (exact) mass is 466 g/mol. The SMILES string of the molecule is C=C(O)C(C)CCCC(C)(O)CCCC(C)CCCC1(C)CCC2CC(O)C(C)C(C)C2O1. The largest absolute Gasteiger partial charge is 0.513 e. The van der Waals surface area contributed by atoms with Gasteiger partial charge in [-0.15, -0.1) is 0 Å². The van der Waals surface area contributed by atoms with Crippen molar-refractivity contribution >= 4 is 0 Å². The van der Waals surface area contributed by atoms with Crippen molar-refractivity contribution in [3.8, 4) is 0 Å². The van der Waals surface area contributed by atoms with Gasteiger partial charge < -0.3 is 20.1 Å². The van der Waals surface area contributed by atoms with E-state index in [2.05, 4.69) is 34.3 Å². The van der Waals surface area contributed by atoms with Crippen molar-refractivity contribution in [2.45, 2.75) is 142 Å². The lowest BCUT2D eigenvalue weighted by atomic mass is 9.67. The number of fused-ring (bicyclic) bond motifs is 1. The van der Waals surface area contributed by atoms with Gasteiger partial charge in [0.15, 0.2) is 0 Å². The highest BCUT2D eigenvalue weighted by molar-refractivity contribution is 4.95. The first-order valence-corrected chi connectivity index (χ1v) is 13.8. The van der Waals surface area contributed by atoms with Crippen LogP contribution in [0.2, 0.25) is 0 Å². The Balaban J connectivity index is 1.64. The summed E-state index contributed by atoms with van der Waals surface area (Å²) in [4.78, 5) is 0. The highest BCUT2D eigenvalue weighted by atomic mass is 16.5. The van der Waals surface area contributed by atoms with Crippen LogP contribution >= 0.6 is 0 Å². The van der Waals surface area contributed by atoms with Gasteiger partial charge in [0.05, 0.1) is 29.2 Å². The normalized spacial score (nSPS) is 35.9. The minimum Gasteiger partial charge on any atom is -0.513 e. The number of aliphatic hydroxyl groups excluding tert-OH is 2. The molecule has 1 saturated carbocycles. The van der Waals surface area contributed by atoms with Crippen molar-refractivity contribution < 1.29 is 20.1 Å². The molecule has 9 atom stereocenters. The van der Waals surface area contributed by atoms with E-state index in [0.717, 1.165) is 57.8 Å². The van der Waals surface area contributed by atoms with Crippen LogP contribution in [0.3, 0.4) is 0 Å². The molecule has 0 bridgehead atoms. The molecule has 194 valence electrons.